The largest absolute Gasteiger partial charge is 0.409 e. The summed E-state index contributed by atoms with van der Waals surface area (Å²) >= 11 is 0. The van der Waals surface area contributed by atoms with E-state index in [1.807, 2.05) is 4.57 Å². The van der Waals surface area contributed by atoms with Crippen molar-refractivity contribution in [2.75, 3.05) is 5.73 Å². The summed E-state index contributed by atoms with van der Waals surface area (Å²) in [4.78, 5) is 12.8. The molecule has 1 aliphatic heterocycles. The molecule has 0 spiro atoms. The van der Waals surface area contributed by atoms with Crippen LogP contribution < -0.4 is 5.73 Å². The van der Waals surface area contributed by atoms with Crippen LogP contribution in [-0.2, 0) is 9.16 Å². The number of nitrogens with two attached hydrogens (primary N) is 1. The number of ether oxygens (including phenoxy) is 1. The van der Waals surface area contributed by atoms with Gasteiger partial charge in [-0.25, -0.2) is 15.0 Å². The van der Waals surface area contributed by atoms with Crippen molar-refractivity contribution in [3.8, 4) is 0 Å². The van der Waals surface area contributed by atoms with Crippen LogP contribution in [0.3, 0.4) is 0 Å². The van der Waals surface area contributed by atoms with Crippen molar-refractivity contribution < 1.29 is 9.16 Å². The Kier molecular flexibility index (Phi) is 4.63. The van der Waals surface area contributed by atoms with Gasteiger partial charge in [-0.15, -0.1) is 0 Å². The van der Waals surface area contributed by atoms with Gasteiger partial charge in [0.15, 0.2) is 26.0 Å². The normalized spacial score (nSPS) is 25.0. The first-order valence-electron chi connectivity index (χ1n) is 8.90. The molecule has 3 rings (SSSR count). The van der Waals surface area contributed by atoms with Crippen LogP contribution in [0.4, 0.5) is 5.82 Å². The Morgan fingerprint density at radius 1 is 1.32 bits per heavy atom. The minimum atomic E-state index is -1.92. The summed E-state index contributed by atoms with van der Waals surface area (Å²) < 4.78 is 14.9. The molecule has 0 radical (unpaired) electrons. The second-order valence-corrected chi connectivity index (χ2v) is 13.0. The molecule has 138 valence electrons. The number of fused-ring (bicyclic) bond motifs is 1. The molecule has 2 aromatic heterocycles. The highest BCUT2D eigenvalue weighted by Crippen LogP contribution is 2.42. The Balaban J connectivity index is 1.96. The first kappa shape index (κ1) is 18.3. The monoisotopic (exact) mass is 363 g/mol. The molecule has 1 aliphatic rings. The van der Waals surface area contributed by atoms with Gasteiger partial charge in [-0.3, -0.25) is 4.57 Å². The summed E-state index contributed by atoms with van der Waals surface area (Å²) in [5.41, 5.74) is 7.22. The third kappa shape index (κ3) is 3.30. The zero-order valence-electron chi connectivity index (χ0n) is 16.0. The van der Waals surface area contributed by atoms with Crippen LogP contribution in [-0.4, -0.2) is 40.0 Å². The van der Waals surface area contributed by atoms with Gasteiger partial charge in [0.2, 0.25) is 0 Å². The predicted octanol–water partition coefficient (Wildman–Crippen LogP) is 3.50. The fourth-order valence-corrected chi connectivity index (χ4v) is 4.26. The third-order valence-electron chi connectivity index (χ3n) is 5.51. The molecule has 0 unspecified atom stereocenters. The Morgan fingerprint density at radius 2 is 2.04 bits per heavy atom. The standard InChI is InChI=1S/C17H29N5O2Si/c1-7-11-8-12(24-25(5,6)17(2,3)4)16(23-11)22-10-21-13-14(18)19-9-20-15(13)22/h9-12,16H,7-8H2,1-6H3,(H2,18,19,20)/t11-,12+,16-/m1/s1. The summed E-state index contributed by atoms with van der Waals surface area (Å²) in [6.45, 7) is 13.4. The summed E-state index contributed by atoms with van der Waals surface area (Å²) in [7, 11) is -1.92. The molecule has 0 bridgehead atoms. The lowest BCUT2D eigenvalue weighted by molar-refractivity contribution is -0.0320. The van der Waals surface area contributed by atoms with Gasteiger partial charge < -0.3 is 14.9 Å². The molecular weight excluding hydrogens is 334 g/mol. The molecule has 2 aromatic rings. The van der Waals surface area contributed by atoms with Crippen molar-refractivity contribution in [2.45, 2.75) is 77.1 Å². The minimum absolute atomic E-state index is 0.0144. The molecule has 0 aliphatic carbocycles. The van der Waals surface area contributed by atoms with Crippen LogP contribution in [0.15, 0.2) is 12.7 Å². The van der Waals surface area contributed by atoms with Crippen LogP contribution in [0, 0.1) is 0 Å². The molecule has 7 nitrogen and oxygen atoms in total. The predicted molar refractivity (Wildman–Crippen MR) is 101 cm³/mol. The van der Waals surface area contributed by atoms with E-state index < -0.39 is 8.32 Å². The maximum Gasteiger partial charge on any atom is 0.192 e. The van der Waals surface area contributed by atoms with E-state index in [0.29, 0.717) is 17.0 Å². The molecule has 0 amide bonds. The molecule has 2 N–H and O–H groups in total. The highest BCUT2D eigenvalue weighted by Gasteiger charge is 2.45. The number of nitrogen functional groups attached to an aromatic ring is 1. The zero-order chi connectivity index (χ0) is 18.4. The lowest BCUT2D eigenvalue weighted by Crippen LogP contribution is -2.45. The fourth-order valence-electron chi connectivity index (χ4n) is 2.94. The van der Waals surface area contributed by atoms with E-state index in [9.17, 15) is 0 Å². The Morgan fingerprint density at radius 3 is 2.68 bits per heavy atom. The van der Waals surface area contributed by atoms with Crippen LogP contribution in [0.1, 0.15) is 46.8 Å². The first-order valence-corrected chi connectivity index (χ1v) is 11.8. The van der Waals surface area contributed by atoms with Crippen LogP contribution in [0.25, 0.3) is 11.2 Å². The average molecular weight is 364 g/mol. The second kappa shape index (κ2) is 6.33. The minimum Gasteiger partial charge on any atom is -0.409 e. The lowest BCUT2D eigenvalue weighted by atomic mass is 10.1. The van der Waals surface area contributed by atoms with E-state index in [2.05, 4.69) is 55.7 Å². The quantitative estimate of drug-likeness (QED) is 0.837. The Bertz CT molecular complexity index is 755. The number of aromatic nitrogens is 4. The van der Waals surface area contributed by atoms with Gasteiger partial charge in [0.25, 0.3) is 0 Å². The van der Waals surface area contributed by atoms with Gasteiger partial charge in [0.05, 0.1) is 18.5 Å². The summed E-state index contributed by atoms with van der Waals surface area (Å²) in [6.07, 6.45) is 4.96. The van der Waals surface area contributed by atoms with Crippen molar-refractivity contribution >= 4 is 25.3 Å². The highest BCUT2D eigenvalue weighted by atomic mass is 28.4. The molecule has 0 saturated carbocycles. The van der Waals surface area contributed by atoms with E-state index in [-0.39, 0.29) is 23.5 Å². The molecule has 3 atom stereocenters. The van der Waals surface area contributed by atoms with Crippen molar-refractivity contribution in [3.05, 3.63) is 12.7 Å². The third-order valence-corrected chi connectivity index (χ3v) is 10.0. The zero-order valence-corrected chi connectivity index (χ0v) is 17.0. The van der Waals surface area contributed by atoms with Gasteiger partial charge in [-0.1, -0.05) is 27.7 Å². The average Bonchev–Trinajstić information content (AvgIpc) is 3.10. The van der Waals surface area contributed by atoms with Gasteiger partial charge in [0.1, 0.15) is 11.8 Å². The second-order valence-electron chi connectivity index (χ2n) is 8.29. The molecule has 3 heterocycles. The lowest BCUT2D eigenvalue weighted by Gasteiger charge is -2.39. The smallest absolute Gasteiger partial charge is 0.192 e. The number of imidazole rings is 1. The number of hydrogen-bond acceptors (Lipinski definition) is 6. The molecule has 1 saturated heterocycles. The SMILES string of the molecule is CC[C@@H]1C[C@H](O[Si](C)(C)C(C)(C)C)[C@H](n2cnc3c(N)ncnc32)O1. The van der Waals surface area contributed by atoms with Gasteiger partial charge in [-0.2, -0.15) is 0 Å². The van der Waals surface area contributed by atoms with Crippen molar-refractivity contribution in [3.63, 3.8) is 0 Å². The summed E-state index contributed by atoms with van der Waals surface area (Å²) in [5, 5.41) is 0.144. The molecule has 0 aromatic carbocycles. The first-order chi connectivity index (χ1) is 11.6. The van der Waals surface area contributed by atoms with E-state index >= 15 is 0 Å². The Labute approximate surface area is 150 Å². The molecule has 8 heteroatoms. The molecular formula is C17H29N5O2Si. The van der Waals surface area contributed by atoms with Gasteiger partial charge >= 0.3 is 0 Å². The maximum atomic E-state index is 6.70. The van der Waals surface area contributed by atoms with Crippen molar-refractivity contribution in [1.82, 2.24) is 19.5 Å². The summed E-state index contributed by atoms with van der Waals surface area (Å²) in [5.74, 6) is 0.385. The maximum absolute atomic E-state index is 6.70. The van der Waals surface area contributed by atoms with Crippen LogP contribution in [0.5, 0.6) is 0 Å². The van der Waals surface area contributed by atoms with Gasteiger partial charge in [0, 0.05) is 6.42 Å². The number of hydrogen-bond donors (Lipinski definition) is 1. The van der Waals surface area contributed by atoms with E-state index in [0.717, 1.165) is 12.8 Å². The molecule has 25 heavy (non-hydrogen) atoms. The van der Waals surface area contributed by atoms with Gasteiger partial charge in [-0.05, 0) is 24.6 Å². The Hall–Kier alpha value is -1.51. The fraction of sp³-hybridized carbons (Fsp3) is 0.706. The van der Waals surface area contributed by atoms with E-state index in [1.165, 1.54) is 6.33 Å². The summed E-state index contributed by atoms with van der Waals surface area (Å²) in [6, 6.07) is 0. The van der Waals surface area contributed by atoms with E-state index in [4.69, 9.17) is 14.9 Å². The number of rotatable bonds is 4. The number of nitrogens with zero attached hydrogens (tertiary/aromatic N) is 4. The topological polar surface area (TPSA) is 88.1 Å². The van der Waals surface area contributed by atoms with Crippen molar-refractivity contribution in [1.29, 1.82) is 0 Å². The highest BCUT2D eigenvalue weighted by molar-refractivity contribution is 6.74. The number of anilines is 1. The van der Waals surface area contributed by atoms with Crippen LogP contribution in [0.2, 0.25) is 18.1 Å². The van der Waals surface area contributed by atoms with E-state index in [1.54, 1.807) is 6.33 Å². The van der Waals surface area contributed by atoms with Crippen molar-refractivity contribution in [2.24, 2.45) is 0 Å². The van der Waals surface area contributed by atoms with Crippen LogP contribution >= 0.6 is 0 Å². The molecule has 1 fully saturated rings.